The minimum atomic E-state index is -3.46. The molecule has 1 aliphatic carbocycles. The molecule has 27 heavy (non-hydrogen) atoms. The van der Waals surface area contributed by atoms with E-state index < -0.39 is 10.0 Å². The maximum absolute atomic E-state index is 13.7. The molecule has 0 radical (unpaired) electrons. The summed E-state index contributed by atoms with van der Waals surface area (Å²) in [5, 5.41) is 2.86. The molecular weight excluding hydrogens is 367 g/mol. The normalized spacial score (nSPS) is 14.9. The van der Waals surface area contributed by atoms with Crippen LogP contribution in [0.1, 0.15) is 44.1 Å². The number of carbonyl (C=O) groups is 1. The Bertz CT molecular complexity index is 762. The van der Waals surface area contributed by atoms with Crippen molar-refractivity contribution in [3.63, 3.8) is 0 Å². The monoisotopic (exact) mass is 396 g/mol. The molecule has 0 saturated heterocycles. The Labute approximate surface area is 161 Å². The van der Waals surface area contributed by atoms with Crippen LogP contribution in [0.5, 0.6) is 0 Å². The van der Waals surface area contributed by atoms with Crippen LogP contribution in [0.2, 0.25) is 0 Å². The van der Waals surface area contributed by atoms with Crippen LogP contribution in [-0.2, 0) is 21.2 Å². The highest BCUT2D eigenvalue weighted by molar-refractivity contribution is 7.88. The van der Waals surface area contributed by atoms with Crippen molar-refractivity contribution in [1.29, 1.82) is 0 Å². The zero-order chi connectivity index (χ0) is 19.7. The number of hydrogen-bond acceptors (Lipinski definition) is 3. The Morgan fingerprint density at radius 2 is 1.96 bits per heavy atom. The average molecular weight is 397 g/mol. The van der Waals surface area contributed by atoms with Crippen molar-refractivity contribution < 1.29 is 17.6 Å². The molecule has 5 nitrogen and oxygen atoms in total. The summed E-state index contributed by atoms with van der Waals surface area (Å²) in [6, 6.07) is 6.32. The van der Waals surface area contributed by atoms with Crippen molar-refractivity contribution in [3.8, 4) is 0 Å². The number of amides is 1. The van der Waals surface area contributed by atoms with Crippen molar-refractivity contribution in [1.82, 2.24) is 9.62 Å². The molecular formula is C20H29FN2O3S. The molecule has 0 bridgehead atoms. The predicted octanol–water partition coefficient (Wildman–Crippen LogP) is 3.03. The number of hydrogen-bond donors (Lipinski definition) is 1. The van der Waals surface area contributed by atoms with Crippen LogP contribution in [0.25, 0.3) is 0 Å². The molecule has 2 rings (SSSR count). The topological polar surface area (TPSA) is 66.5 Å². The van der Waals surface area contributed by atoms with Gasteiger partial charge in [-0.15, -0.1) is 0 Å². The van der Waals surface area contributed by atoms with Gasteiger partial charge in [0.25, 0.3) is 0 Å². The molecule has 1 aliphatic rings. The molecule has 7 heteroatoms. The van der Waals surface area contributed by atoms with Crippen molar-refractivity contribution in [3.05, 3.63) is 47.3 Å². The third kappa shape index (κ3) is 7.81. The molecule has 0 unspecified atom stereocenters. The van der Waals surface area contributed by atoms with Crippen LogP contribution in [0.3, 0.4) is 0 Å². The van der Waals surface area contributed by atoms with E-state index in [1.807, 2.05) is 0 Å². The zero-order valence-corrected chi connectivity index (χ0v) is 16.7. The fourth-order valence-corrected chi connectivity index (χ4v) is 4.04. The molecule has 0 atom stereocenters. The van der Waals surface area contributed by atoms with Gasteiger partial charge in [0.2, 0.25) is 15.9 Å². The predicted molar refractivity (Wildman–Crippen MR) is 105 cm³/mol. The minimum absolute atomic E-state index is 0.0990. The van der Waals surface area contributed by atoms with Crippen LogP contribution in [-0.4, -0.2) is 44.5 Å². The second-order valence-corrected chi connectivity index (χ2v) is 8.94. The molecule has 1 amide bonds. The van der Waals surface area contributed by atoms with Crippen molar-refractivity contribution in [2.75, 3.05) is 25.9 Å². The minimum Gasteiger partial charge on any atom is -0.356 e. The number of allylic oxidation sites excluding steroid dienone is 1. The number of carbonyl (C=O) groups excluding carboxylic acids is 1. The molecule has 1 aromatic carbocycles. The van der Waals surface area contributed by atoms with Gasteiger partial charge in [-0.25, -0.2) is 17.1 Å². The van der Waals surface area contributed by atoms with Gasteiger partial charge in [0.15, 0.2) is 0 Å². The van der Waals surface area contributed by atoms with Gasteiger partial charge in [-0.2, -0.15) is 0 Å². The van der Waals surface area contributed by atoms with E-state index in [1.165, 1.54) is 28.8 Å². The fraction of sp³-hybridized carbons (Fsp3) is 0.550. The summed E-state index contributed by atoms with van der Waals surface area (Å²) in [5.41, 5.74) is 1.86. The smallest absolute Gasteiger partial charge is 0.221 e. The maximum Gasteiger partial charge on any atom is 0.221 e. The van der Waals surface area contributed by atoms with Crippen LogP contribution in [0.15, 0.2) is 35.9 Å². The number of rotatable bonds is 10. The number of halogens is 1. The lowest BCUT2D eigenvalue weighted by Gasteiger charge is -2.20. The van der Waals surface area contributed by atoms with Crippen LogP contribution >= 0.6 is 0 Å². The number of nitrogens with zero attached hydrogens (tertiary/aromatic N) is 1. The maximum atomic E-state index is 13.7. The number of benzene rings is 1. The molecule has 150 valence electrons. The first-order chi connectivity index (χ1) is 12.9. The van der Waals surface area contributed by atoms with Gasteiger partial charge in [-0.05, 0) is 50.2 Å². The lowest BCUT2D eigenvalue weighted by Crippen LogP contribution is -2.36. The standard InChI is InChI=1S/C20H29FN2O3S/c1-27(25,26)23(15-12-18-9-5-6-10-19(18)21)16-13-20(24)22-14-11-17-7-3-2-4-8-17/h5-7,9-10H,2-4,8,11-16H2,1H3,(H,22,24). The van der Waals surface area contributed by atoms with Crippen LogP contribution in [0.4, 0.5) is 4.39 Å². The summed E-state index contributed by atoms with van der Waals surface area (Å²) >= 11 is 0. The van der Waals surface area contributed by atoms with Crippen molar-refractivity contribution in [2.24, 2.45) is 0 Å². The summed E-state index contributed by atoms with van der Waals surface area (Å²) in [4.78, 5) is 12.0. The van der Waals surface area contributed by atoms with Gasteiger partial charge in [0, 0.05) is 26.1 Å². The third-order valence-corrected chi connectivity index (χ3v) is 6.10. The van der Waals surface area contributed by atoms with E-state index >= 15 is 0 Å². The number of sulfonamides is 1. The molecule has 1 aromatic rings. The lowest BCUT2D eigenvalue weighted by molar-refractivity contribution is -0.121. The summed E-state index contributed by atoms with van der Waals surface area (Å²) in [7, 11) is -3.46. The molecule has 0 fully saturated rings. The highest BCUT2D eigenvalue weighted by atomic mass is 32.2. The summed E-state index contributed by atoms with van der Waals surface area (Å²) in [6.45, 7) is 0.834. The van der Waals surface area contributed by atoms with Crippen LogP contribution < -0.4 is 5.32 Å². The molecule has 0 heterocycles. The van der Waals surface area contributed by atoms with E-state index in [0.29, 0.717) is 12.1 Å². The van der Waals surface area contributed by atoms with Crippen LogP contribution in [0, 0.1) is 5.82 Å². The van der Waals surface area contributed by atoms with E-state index in [1.54, 1.807) is 18.2 Å². The first-order valence-corrected chi connectivity index (χ1v) is 11.3. The first-order valence-electron chi connectivity index (χ1n) is 9.49. The Kier molecular flexibility index (Phi) is 8.44. The van der Waals surface area contributed by atoms with Gasteiger partial charge in [-0.3, -0.25) is 4.79 Å². The molecule has 0 saturated carbocycles. The molecule has 0 spiro atoms. The number of nitrogens with one attached hydrogen (secondary N) is 1. The Morgan fingerprint density at radius 3 is 2.63 bits per heavy atom. The van der Waals surface area contributed by atoms with E-state index in [9.17, 15) is 17.6 Å². The molecule has 0 aromatic heterocycles. The third-order valence-electron chi connectivity index (χ3n) is 4.80. The van der Waals surface area contributed by atoms with Gasteiger partial charge >= 0.3 is 0 Å². The first kappa shape index (κ1) is 21.6. The van der Waals surface area contributed by atoms with Gasteiger partial charge in [0.05, 0.1) is 6.26 Å². The highest BCUT2D eigenvalue weighted by Gasteiger charge is 2.18. The second kappa shape index (κ2) is 10.6. The summed E-state index contributed by atoms with van der Waals surface area (Å²) < 4.78 is 38.9. The van der Waals surface area contributed by atoms with Crippen molar-refractivity contribution in [2.45, 2.75) is 44.9 Å². The molecule has 0 aliphatic heterocycles. The van der Waals surface area contributed by atoms with E-state index in [2.05, 4.69) is 11.4 Å². The highest BCUT2D eigenvalue weighted by Crippen LogP contribution is 2.19. The molecule has 1 N–H and O–H groups in total. The Balaban J connectivity index is 1.77. The SMILES string of the molecule is CS(=O)(=O)N(CCC(=O)NCCC1=CCCCC1)CCc1ccccc1F. The Hall–Kier alpha value is -1.73. The second-order valence-electron chi connectivity index (χ2n) is 6.96. The largest absolute Gasteiger partial charge is 0.356 e. The quantitative estimate of drug-likeness (QED) is 0.618. The average Bonchev–Trinajstić information content (AvgIpc) is 2.63. The zero-order valence-electron chi connectivity index (χ0n) is 15.9. The van der Waals surface area contributed by atoms with Gasteiger partial charge < -0.3 is 5.32 Å². The lowest BCUT2D eigenvalue weighted by atomic mass is 9.97. The summed E-state index contributed by atoms with van der Waals surface area (Å²) in [5.74, 6) is -0.508. The fourth-order valence-electron chi connectivity index (χ4n) is 3.20. The van der Waals surface area contributed by atoms with Crippen molar-refractivity contribution >= 4 is 15.9 Å². The van der Waals surface area contributed by atoms with E-state index in [-0.39, 0.29) is 37.7 Å². The Morgan fingerprint density at radius 1 is 1.19 bits per heavy atom. The van der Waals surface area contributed by atoms with E-state index in [0.717, 1.165) is 25.5 Å². The van der Waals surface area contributed by atoms with Gasteiger partial charge in [0.1, 0.15) is 5.82 Å². The summed E-state index contributed by atoms with van der Waals surface area (Å²) in [6.07, 6.45) is 9.27. The van der Waals surface area contributed by atoms with Gasteiger partial charge in [-0.1, -0.05) is 29.8 Å². The van der Waals surface area contributed by atoms with E-state index in [4.69, 9.17) is 0 Å².